The molecule has 3 aromatic carbocycles. The highest BCUT2D eigenvalue weighted by Crippen LogP contribution is 2.26. The Labute approximate surface area is 181 Å². The van der Waals surface area contributed by atoms with Gasteiger partial charge in [-0.2, -0.15) is 0 Å². The van der Waals surface area contributed by atoms with Crippen LogP contribution in [0, 0.1) is 13.8 Å². The zero-order chi connectivity index (χ0) is 22.0. The number of carbonyl (C=O) groups excluding carboxylic acids is 1. The van der Waals surface area contributed by atoms with Gasteiger partial charge in [0.2, 0.25) is 0 Å². The predicted molar refractivity (Wildman–Crippen MR) is 123 cm³/mol. The van der Waals surface area contributed by atoms with E-state index in [1.165, 1.54) is 12.1 Å². The summed E-state index contributed by atoms with van der Waals surface area (Å²) in [5.41, 5.74) is 4.21. The van der Waals surface area contributed by atoms with Crippen LogP contribution in [0.1, 0.15) is 21.5 Å². The molecular formula is C24H21N3O3S. The first kappa shape index (κ1) is 20.6. The van der Waals surface area contributed by atoms with Crippen molar-refractivity contribution in [2.75, 3.05) is 10.0 Å². The first-order chi connectivity index (χ1) is 14.8. The Hall–Kier alpha value is -3.71. The van der Waals surface area contributed by atoms with Gasteiger partial charge in [0.25, 0.3) is 15.9 Å². The Morgan fingerprint density at radius 3 is 2.45 bits per heavy atom. The lowest BCUT2D eigenvalue weighted by Gasteiger charge is -2.12. The second-order valence-corrected chi connectivity index (χ2v) is 8.97. The average molecular weight is 432 g/mol. The maximum absolute atomic E-state index is 12.9. The minimum atomic E-state index is -3.83. The molecule has 0 bridgehead atoms. The van der Waals surface area contributed by atoms with Gasteiger partial charge in [0, 0.05) is 22.8 Å². The number of rotatable bonds is 5. The van der Waals surface area contributed by atoms with Crippen molar-refractivity contribution in [1.82, 2.24) is 4.98 Å². The summed E-state index contributed by atoms with van der Waals surface area (Å²) in [5, 5.41) is 3.73. The molecule has 0 radical (unpaired) electrons. The van der Waals surface area contributed by atoms with Crippen LogP contribution >= 0.6 is 0 Å². The average Bonchev–Trinajstić information content (AvgIpc) is 2.75. The Morgan fingerprint density at radius 1 is 0.903 bits per heavy atom. The van der Waals surface area contributed by atoms with Gasteiger partial charge in [0.15, 0.2) is 0 Å². The van der Waals surface area contributed by atoms with E-state index >= 15 is 0 Å². The number of anilines is 2. The minimum absolute atomic E-state index is 0.00952. The number of carbonyl (C=O) groups is 1. The number of hydrogen-bond acceptors (Lipinski definition) is 4. The van der Waals surface area contributed by atoms with Crippen molar-refractivity contribution in [2.45, 2.75) is 18.7 Å². The van der Waals surface area contributed by atoms with E-state index in [0.29, 0.717) is 11.4 Å². The van der Waals surface area contributed by atoms with Gasteiger partial charge in [-0.25, -0.2) is 8.42 Å². The molecule has 1 aromatic heterocycles. The molecule has 0 saturated carbocycles. The lowest BCUT2D eigenvalue weighted by molar-refractivity contribution is 0.102. The summed E-state index contributed by atoms with van der Waals surface area (Å²) in [7, 11) is -3.83. The highest BCUT2D eigenvalue weighted by atomic mass is 32.2. The molecule has 7 heteroatoms. The van der Waals surface area contributed by atoms with Crippen molar-refractivity contribution in [3.8, 4) is 0 Å². The summed E-state index contributed by atoms with van der Waals surface area (Å²) >= 11 is 0. The molecule has 4 rings (SSSR count). The number of amides is 1. The maximum atomic E-state index is 12.9. The van der Waals surface area contributed by atoms with E-state index in [4.69, 9.17) is 0 Å². The normalized spacial score (nSPS) is 11.3. The topological polar surface area (TPSA) is 88.2 Å². The van der Waals surface area contributed by atoms with Gasteiger partial charge < -0.3 is 5.32 Å². The van der Waals surface area contributed by atoms with Crippen LogP contribution in [-0.2, 0) is 10.0 Å². The van der Waals surface area contributed by atoms with Crippen LogP contribution in [0.5, 0.6) is 0 Å². The lowest BCUT2D eigenvalue weighted by atomic mass is 10.1. The number of para-hydroxylation sites is 1. The molecule has 1 amide bonds. The SMILES string of the molecule is Cc1cc(C)c2nccc(NC(=O)c3cccc(S(=O)(=O)Nc4ccccc4)c3)c2c1. The molecule has 31 heavy (non-hydrogen) atoms. The highest BCUT2D eigenvalue weighted by Gasteiger charge is 2.17. The Bertz CT molecular complexity index is 1380. The molecule has 0 fully saturated rings. The van der Waals surface area contributed by atoms with Gasteiger partial charge in [0.05, 0.1) is 16.1 Å². The van der Waals surface area contributed by atoms with Crippen molar-refractivity contribution >= 4 is 38.2 Å². The van der Waals surface area contributed by atoms with Crippen LogP contribution < -0.4 is 10.0 Å². The third-order valence-corrected chi connectivity index (χ3v) is 6.24. The van der Waals surface area contributed by atoms with Gasteiger partial charge in [-0.3, -0.25) is 14.5 Å². The second kappa shape index (κ2) is 8.20. The molecule has 0 aliphatic heterocycles. The number of sulfonamides is 1. The van der Waals surface area contributed by atoms with Crippen molar-refractivity contribution < 1.29 is 13.2 Å². The molecule has 1 heterocycles. The van der Waals surface area contributed by atoms with E-state index in [2.05, 4.69) is 15.0 Å². The molecular weight excluding hydrogens is 410 g/mol. The summed E-state index contributed by atoms with van der Waals surface area (Å²) < 4.78 is 28.0. The van der Waals surface area contributed by atoms with E-state index in [1.807, 2.05) is 26.0 Å². The number of benzene rings is 3. The van der Waals surface area contributed by atoms with Gasteiger partial charge in [-0.1, -0.05) is 35.9 Å². The second-order valence-electron chi connectivity index (χ2n) is 7.29. The van der Waals surface area contributed by atoms with Gasteiger partial charge in [-0.15, -0.1) is 0 Å². The fraction of sp³-hybridized carbons (Fsp3) is 0.0833. The van der Waals surface area contributed by atoms with Crippen molar-refractivity contribution in [1.29, 1.82) is 0 Å². The number of pyridine rings is 1. The Morgan fingerprint density at radius 2 is 1.68 bits per heavy atom. The zero-order valence-electron chi connectivity index (χ0n) is 17.1. The molecule has 0 saturated heterocycles. The first-order valence-corrected chi connectivity index (χ1v) is 11.2. The predicted octanol–water partition coefficient (Wildman–Crippen LogP) is 4.90. The standard InChI is InChI=1S/C24H21N3O3S/c1-16-13-17(2)23-21(14-16)22(11-12-25-23)26-24(28)18-7-6-10-20(15-18)31(29,30)27-19-8-4-3-5-9-19/h3-15,27H,1-2H3,(H,25,26,28). The van der Waals surface area contributed by atoms with Crippen LogP contribution in [0.4, 0.5) is 11.4 Å². The fourth-order valence-corrected chi connectivity index (χ4v) is 4.55. The zero-order valence-corrected chi connectivity index (χ0v) is 17.9. The monoisotopic (exact) mass is 431 g/mol. The van der Waals surface area contributed by atoms with Crippen LogP contribution in [-0.4, -0.2) is 19.3 Å². The molecule has 0 unspecified atom stereocenters. The van der Waals surface area contributed by atoms with Crippen LogP contribution in [0.25, 0.3) is 10.9 Å². The van der Waals surface area contributed by atoms with Crippen LogP contribution in [0.3, 0.4) is 0 Å². The third kappa shape index (κ3) is 4.41. The van der Waals surface area contributed by atoms with Gasteiger partial charge in [-0.05, 0) is 61.9 Å². The maximum Gasteiger partial charge on any atom is 0.261 e. The van der Waals surface area contributed by atoms with E-state index in [9.17, 15) is 13.2 Å². The number of fused-ring (bicyclic) bond motifs is 1. The molecule has 0 atom stereocenters. The molecule has 156 valence electrons. The fourth-order valence-electron chi connectivity index (χ4n) is 3.44. The summed E-state index contributed by atoms with van der Waals surface area (Å²) in [6.07, 6.45) is 1.64. The summed E-state index contributed by atoms with van der Waals surface area (Å²) in [6.45, 7) is 3.96. The first-order valence-electron chi connectivity index (χ1n) is 9.69. The molecule has 4 aromatic rings. The molecule has 0 aliphatic carbocycles. The van der Waals surface area contributed by atoms with E-state index < -0.39 is 15.9 Å². The number of nitrogens with zero attached hydrogens (tertiary/aromatic N) is 1. The number of aromatic nitrogens is 1. The number of hydrogen-bond donors (Lipinski definition) is 2. The van der Waals surface area contributed by atoms with Crippen LogP contribution in [0.2, 0.25) is 0 Å². The van der Waals surface area contributed by atoms with E-state index in [0.717, 1.165) is 22.0 Å². The van der Waals surface area contributed by atoms with Crippen molar-refractivity contribution in [3.05, 3.63) is 95.7 Å². The van der Waals surface area contributed by atoms with Crippen molar-refractivity contribution in [2.24, 2.45) is 0 Å². The van der Waals surface area contributed by atoms with Crippen molar-refractivity contribution in [3.63, 3.8) is 0 Å². The Kier molecular flexibility index (Phi) is 5.44. The van der Waals surface area contributed by atoms with Crippen LogP contribution in [0.15, 0.2) is 83.9 Å². The largest absolute Gasteiger partial charge is 0.321 e. The molecule has 0 spiro atoms. The van der Waals surface area contributed by atoms with Gasteiger partial charge in [0.1, 0.15) is 0 Å². The summed E-state index contributed by atoms with van der Waals surface area (Å²) in [6, 6.07) is 20.3. The molecule has 2 N–H and O–H groups in total. The molecule has 0 aliphatic rings. The lowest BCUT2D eigenvalue weighted by Crippen LogP contribution is -2.16. The Balaban J connectivity index is 1.63. The quantitative estimate of drug-likeness (QED) is 0.470. The summed E-state index contributed by atoms with van der Waals surface area (Å²) in [4.78, 5) is 17.3. The smallest absolute Gasteiger partial charge is 0.261 e. The molecule has 6 nitrogen and oxygen atoms in total. The number of nitrogens with one attached hydrogen (secondary N) is 2. The minimum Gasteiger partial charge on any atom is -0.321 e. The summed E-state index contributed by atoms with van der Waals surface area (Å²) in [5.74, 6) is -0.400. The van der Waals surface area contributed by atoms with E-state index in [1.54, 1.807) is 54.7 Å². The van der Waals surface area contributed by atoms with E-state index in [-0.39, 0.29) is 10.5 Å². The highest BCUT2D eigenvalue weighted by molar-refractivity contribution is 7.92. The third-order valence-electron chi connectivity index (χ3n) is 4.86. The van der Waals surface area contributed by atoms with Gasteiger partial charge >= 0.3 is 0 Å². The number of aryl methyl sites for hydroxylation is 2.